The number of nitrogens with one attached hydrogen (secondary N) is 1. The lowest BCUT2D eigenvalue weighted by Gasteiger charge is -2.09. The van der Waals surface area contributed by atoms with E-state index >= 15 is 0 Å². The molecular formula is C17H14F5N3O4. The van der Waals surface area contributed by atoms with Gasteiger partial charge in [0.05, 0.1) is 6.42 Å². The monoisotopic (exact) mass is 419 g/mol. The fourth-order valence-electron chi connectivity index (χ4n) is 2.63. The standard InChI is InChI=1S/C17H14F5N3O4/c1-3-11-24-13-9(27-16(18)19)5-4-8(14(13)28-11)6-10(26)23-12-7(2)29-25-15(12)17(20,21)22/h4-5,16H,3,6H2,1-2H3,(H,23,26). The summed E-state index contributed by atoms with van der Waals surface area (Å²) in [6, 6.07) is 2.49. The third-order valence-electron chi connectivity index (χ3n) is 3.90. The second kappa shape index (κ2) is 7.68. The van der Waals surface area contributed by atoms with Gasteiger partial charge in [0.1, 0.15) is 5.69 Å². The highest BCUT2D eigenvalue weighted by molar-refractivity contribution is 5.96. The summed E-state index contributed by atoms with van der Waals surface area (Å²) in [5.74, 6) is -1.05. The normalized spacial score (nSPS) is 12.0. The maximum absolute atomic E-state index is 13.0. The molecule has 1 N–H and O–H groups in total. The summed E-state index contributed by atoms with van der Waals surface area (Å²) >= 11 is 0. The van der Waals surface area contributed by atoms with E-state index in [2.05, 4.69) is 24.7 Å². The first kappa shape index (κ1) is 20.6. The van der Waals surface area contributed by atoms with Crippen molar-refractivity contribution in [3.8, 4) is 5.75 Å². The molecule has 2 aromatic heterocycles. The van der Waals surface area contributed by atoms with Crippen molar-refractivity contribution in [1.29, 1.82) is 0 Å². The van der Waals surface area contributed by atoms with E-state index in [1.165, 1.54) is 19.1 Å². The number of aromatic nitrogens is 2. The van der Waals surface area contributed by atoms with Crippen LogP contribution in [0.5, 0.6) is 5.75 Å². The molecule has 2 heterocycles. The number of amides is 1. The summed E-state index contributed by atoms with van der Waals surface area (Å²) < 4.78 is 78.4. The van der Waals surface area contributed by atoms with Crippen molar-refractivity contribution in [3.63, 3.8) is 0 Å². The largest absolute Gasteiger partial charge is 0.440 e. The number of carbonyl (C=O) groups is 1. The predicted octanol–water partition coefficient (Wildman–Crippen LogP) is 4.49. The minimum Gasteiger partial charge on any atom is -0.440 e. The number of hydrogen-bond acceptors (Lipinski definition) is 6. The van der Waals surface area contributed by atoms with Crippen LogP contribution in [0.4, 0.5) is 27.6 Å². The Labute approximate surface area is 159 Å². The molecule has 0 aliphatic heterocycles. The Balaban J connectivity index is 1.90. The molecule has 3 aromatic rings. The van der Waals surface area contributed by atoms with Crippen molar-refractivity contribution >= 4 is 22.7 Å². The van der Waals surface area contributed by atoms with Gasteiger partial charge >= 0.3 is 12.8 Å². The Morgan fingerprint density at radius 1 is 1.31 bits per heavy atom. The molecule has 0 atom stereocenters. The van der Waals surface area contributed by atoms with Crippen LogP contribution in [0.3, 0.4) is 0 Å². The molecule has 0 radical (unpaired) electrons. The van der Waals surface area contributed by atoms with Gasteiger partial charge in [0, 0.05) is 12.0 Å². The van der Waals surface area contributed by atoms with E-state index in [-0.39, 0.29) is 34.1 Å². The van der Waals surface area contributed by atoms with Crippen molar-refractivity contribution in [1.82, 2.24) is 10.1 Å². The van der Waals surface area contributed by atoms with Gasteiger partial charge in [0.15, 0.2) is 28.5 Å². The van der Waals surface area contributed by atoms with Gasteiger partial charge in [-0.1, -0.05) is 18.1 Å². The number of alkyl halides is 5. The van der Waals surface area contributed by atoms with Gasteiger partial charge in [0.2, 0.25) is 11.6 Å². The molecule has 156 valence electrons. The molecule has 0 fully saturated rings. The minimum atomic E-state index is -4.82. The Kier molecular flexibility index (Phi) is 5.44. The van der Waals surface area contributed by atoms with Crippen LogP contribution in [-0.4, -0.2) is 22.7 Å². The second-order valence-corrected chi connectivity index (χ2v) is 5.93. The number of anilines is 1. The first-order valence-electron chi connectivity index (χ1n) is 8.29. The SMILES string of the molecule is CCc1nc2c(OC(F)F)ccc(CC(=O)Nc3c(C(F)(F)F)noc3C)c2o1. The van der Waals surface area contributed by atoms with Crippen LogP contribution < -0.4 is 10.1 Å². The van der Waals surface area contributed by atoms with Gasteiger partial charge in [-0.25, -0.2) is 4.98 Å². The van der Waals surface area contributed by atoms with E-state index in [4.69, 9.17) is 4.42 Å². The Morgan fingerprint density at radius 2 is 2.03 bits per heavy atom. The highest BCUT2D eigenvalue weighted by Crippen LogP contribution is 2.36. The number of nitrogens with zero attached hydrogens (tertiary/aromatic N) is 2. The van der Waals surface area contributed by atoms with E-state index in [1.54, 1.807) is 6.92 Å². The number of ether oxygens (including phenoxy) is 1. The molecule has 3 rings (SSSR count). The summed E-state index contributed by atoms with van der Waals surface area (Å²) in [5, 5.41) is 5.04. The number of benzene rings is 1. The lowest BCUT2D eigenvalue weighted by Crippen LogP contribution is -2.18. The number of carbonyl (C=O) groups excluding carboxylic acids is 1. The van der Waals surface area contributed by atoms with E-state index in [1.807, 2.05) is 0 Å². The summed E-state index contributed by atoms with van der Waals surface area (Å²) in [6.07, 6.45) is -4.88. The molecule has 1 aromatic carbocycles. The third-order valence-corrected chi connectivity index (χ3v) is 3.90. The average Bonchev–Trinajstić information content (AvgIpc) is 3.21. The molecule has 0 unspecified atom stereocenters. The van der Waals surface area contributed by atoms with Crippen molar-refractivity contribution in [2.75, 3.05) is 5.32 Å². The van der Waals surface area contributed by atoms with E-state index in [9.17, 15) is 26.7 Å². The van der Waals surface area contributed by atoms with Gasteiger partial charge in [0.25, 0.3) is 0 Å². The molecule has 0 aliphatic carbocycles. The van der Waals surface area contributed by atoms with E-state index < -0.39 is 36.5 Å². The summed E-state index contributed by atoms with van der Waals surface area (Å²) in [6.45, 7) is -0.152. The van der Waals surface area contributed by atoms with Gasteiger partial charge in [-0.15, -0.1) is 0 Å². The van der Waals surface area contributed by atoms with Crippen LogP contribution in [0.1, 0.15) is 29.8 Å². The third kappa shape index (κ3) is 4.30. The van der Waals surface area contributed by atoms with E-state index in [0.29, 0.717) is 6.42 Å². The Hall–Kier alpha value is -3.18. The number of fused-ring (bicyclic) bond motifs is 1. The molecule has 29 heavy (non-hydrogen) atoms. The summed E-state index contributed by atoms with van der Waals surface area (Å²) in [7, 11) is 0. The number of oxazole rings is 1. The minimum absolute atomic E-state index is 0.00964. The second-order valence-electron chi connectivity index (χ2n) is 5.93. The number of hydrogen-bond donors (Lipinski definition) is 1. The molecule has 7 nitrogen and oxygen atoms in total. The van der Waals surface area contributed by atoms with Gasteiger partial charge in [-0.05, 0) is 13.0 Å². The molecule has 12 heteroatoms. The smallest absolute Gasteiger partial charge is 0.438 e. The van der Waals surface area contributed by atoms with Crippen molar-refractivity contribution in [2.24, 2.45) is 0 Å². The predicted molar refractivity (Wildman–Crippen MR) is 88.6 cm³/mol. The van der Waals surface area contributed by atoms with Crippen LogP contribution >= 0.6 is 0 Å². The zero-order valence-corrected chi connectivity index (χ0v) is 15.1. The van der Waals surface area contributed by atoms with Gasteiger partial charge in [-0.2, -0.15) is 22.0 Å². The molecule has 0 saturated carbocycles. The lowest BCUT2D eigenvalue weighted by molar-refractivity contribution is -0.142. The van der Waals surface area contributed by atoms with Crippen molar-refractivity contribution in [2.45, 2.75) is 39.5 Å². The quantitative estimate of drug-likeness (QED) is 0.592. The van der Waals surface area contributed by atoms with Crippen LogP contribution in [0.25, 0.3) is 11.1 Å². The zero-order valence-electron chi connectivity index (χ0n) is 15.1. The highest BCUT2D eigenvalue weighted by Gasteiger charge is 2.39. The van der Waals surface area contributed by atoms with Crippen LogP contribution in [0.15, 0.2) is 21.1 Å². The molecule has 0 spiro atoms. The summed E-state index contributed by atoms with van der Waals surface area (Å²) in [4.78, 5) is 16.4. The molecule has 0 bridgehead atoms. The average molecular weight is 419 g/mol. The summed E-state index contributed by atoms with van der Waals surface area (Å²) in [5.41, 5.74) is -1.70. The van der Waals surface area contributed by atoms with Crippen LogP contribution in [-0.2, 0) is 23.8 Å². The maximum atomic E-state index is 13.0. The maximum Gasteiger partial charge on any atom is 0.438 e. The Bertz CT molecular complexity index is 1040. The molecular weight excluding hydrogens is 405 g/mol. The zero-order chi connectivity index (χ0) is 21.3. The number of aryl methyl sites for hydroxylation is 2. The highest BCUT2D eigenvalue weighted by atomic mass is 19.4. The molecule has 0 aliphatic rings. The lowest BCUT2D eigenvalue weighted by atomic mass is 10.1. The van der Waals surface area contributed by atoms with Crippen LogP contribution in [0.2, 0.25) is 0 Å². The molecule has 1 amide bonds. The topological polar surface area (TPSA) is 90.4 Å². The number of rotatable bonds is 6. The molecule has 0 saturated heterocycles. The van der Waals surface area contributed by atoms with Crippen LogP contribution in [0, 0.1) is 6.92 Å². The van der Waals surface area contributed by atoms with Gasteiger partial charge < -0.3 is 19.0 Å². The fraction of sp³-hybridized carbons (Fsp3) is 0.353. The Morgan fingerprint density at radius 3 is 2.66 bits per heavy atom. The van der Waals surface area contributed by atoms with Gasteiger partial charge in [-0.3, -0.25) is 4.79 Å². The first-order valence-corrected chi connectivity index (χ1v) is 8.29. The van der Waals surface area contributed by atoms with Crippen molar-refractivity contribution in [3.05, 3.63) is 35.0 Å². The first-order chi connectivity index (χ1) is 13.6. The number of halogens is 5. The fourth-order valence-corrected chi connectivity index (χ4v) is 2.63. The van der Waals surface area contributed by atoms with Crippen molar-refractivity contribution < 1.29 is 40.4 Å². The van der Waals surface area contributed by atoms with E-state index in [0.717, 1.165) is 0 Å².